The van der Waals surface area contributed by atoms with Crippen LogP contribution in [0.15, 0.2) is 78.9 Å². The summed E-state index contributed by atoms with van der Waals surface area (Å²) in [4.78, 5) is 28.7. The first-order valence-corrected chi connectivity index (χ1v) is 12.3. The van der Waals surface area contributed by atoms with Gasteiger partial charge in [-0.25, -0.2) is 0 Å². The number of rotatable bonds is 11. The Bertz CT molecular complexity index is 1120. The Balaban J connectivity index is 1.93. The third-order valence-corrected chi connectivity index (χ3v) is 6.38. The van der Waals surface area contributed by atoms with Crippen molar-refractivity contribution in [3.63, 3.8) is 0 Å². The summed E-state index contributed by atoms with van der Waals surface area (Å²) in [5, 5.41) is 3.61. The Labute approximate surface area is 213 Å². The maximum absolute atomic E-state index is 13.6. The summed E-state index contributed by atoms with van der Waals surface area (Å²) in [5.41, 5.74) is 2.68. The molecular weight excluding hydrogens is 460 g/mol. The molecule has 6 heteroatoms. The van der Waals surface area contributed by atoms with Crippen LogP contribution in [0.4, 0.5) is 0 Å². The molecule has 0 radical (unpaired) electrons. The maximum atomic E-state index is 13.6. The number of aryl methyl sites for hydroxylation is 1. The van der Waals surface area contributed by atoms with Crippen LogP contribution in [0.3, 0.4) is 0 Å². The molecule has 0 fully saturated rings. The van der Waals surface area contributed by atoms with Crippen molar-refractivity contribution in [2.75, 3.05) is 6.61 Å². The van der Waals surface area contributed by atoms with Crippen LogP contribution >= 0.6 is 11.6 Å². The Morgan fingerprint density at radius 3 is 2.31 bits per heavy atom. The van der Waals surface area contributed by atoms with Gasteiger partial charge in [-0.15, -0.1) is 0 Å². The molecule has 5 nitrogen and oxygen atoms in total. The highest BCUT2D eigenvalue weighted by molar-refractivity contribution is 6.31. The van der Waals surface area contributed by atoms with Crippen molar-refractivity contribution in [3.05, 3.63) is 101 Å². The number of hydrogen-bond acceptors (Lipinski definition) is 3. The van der Waals surface area contributed by atoms with E-state index in [1.165, 1.54) is 0 Å². The van der Waals surface area contributed by atoms with Crippen LogP contribution in [-0.4, -0.2) is 35.4 Å². The number of hydrogen-bond donors (Lipinski definition) is 1. The number of ether oxygens (including phenoxy) is 1. The molecule has 0 aliphatic carbocycles. The minimum Gasteiger partial charge on any atom is -0.484 e. The van der Waals surface area contributed by atoms with E-state index in [0.717, 1.165) is 23.1 Å². The van der Waals surface area contributed by atoms with Gasteiger partial charge in [0.2, 0.25) is 5.91 Å². The normalized spacial score (nSPS) is 12.5. The van der Waals surface area contributed by atoms with Crippen molar-refractivity contribution < 1.29 is 14.3 Å². The highest BCUT2D eigenvalue weighted by Gasteiger charge is 2.31. The lowest BCUT2D eigenvalue weighted by Gasteiger charge is -2.32. The van der Waals surface area contributed by atoms with Crippen LogP contribution in [0.5, 0.6) is 5.75 Å². The highest BCUT2D eigenvalue weighted by Crippen LogP contribution is 2.22. The van der Waals surface area contributed by atoms with Gasteiger partial charge >= 0.3 is 0 Å². The van der Waals surface area contributed by atoms with Crippen LogP contribution in [0.1, 0.15) is 37.0 Å². The molecule has 3 rings (SSSR count). The molecule has 0 spiro atoms. The Hall–Kier alpha value is -3.31. The van der Waals surface area contributed by atoms with E-state index in [1.54, 1.807) is 11.0 Å². The van der Waals surface area contributed by atoms with Gasteiger partial charge in [-0.3, -0.25) is 9.59 Å². The van der Waals surface area contributed by atoms with Crippen LogP contribution < -0.4 is 10.1 Å². The van der Waals surface area contributed by atoms with Gasteiger partial charge in [0.15, 0.2) is 6.61 Å². The zero-order chi connectivity index (χ0) is 25.2. The van der Waals surface area contributed by atoms with E-state index in [-0.39, 0.29) is 31.0 Å². The molecule has 0 heterocycles. The standard InChI is InChI=1S/C29H33ClN2O3/c1-4-22(3)31-29(34)26(18-23-13-6-5-7-14-23)32(19-24-15-9-10-16-25(24)30)28(33)20-35-27-17-11-8-12-21(27)2/h5-17,22,26H,4,18-20H2,1-3H3,(H,31,34)/t22-,26+/m0/s1. The molecule has 0 saturated heterocycles. The molecule has 0 aliphatic heterocycles. The van der Waals surface area contributed by atoms with Crippen LogP contribution in [0, 0.1) is 6.92 Å². The summed E-state index contributed by atoms with van der Waals surface area (Å²) in [6.07, 6.45) is 1.17. The summed E-state index contributed by atoms with van der Waals surface area (Å²) < 4.78 is 5.87. The molecule has 3 aromatic carbocycles. The summed E-state index contributed by atoms with van der Waals surface area (Å²) in [5.74, 6) is 0.162. The molecule has 184 valence electrons. The molecule has 35 heavy (non-hydrogen) atoms. The highest BCUT2D eigenvalue weighted by atomic mass is 35.5. The van der Waals surface area contributed by atoms with E-state index in [2.05, 4.69) is 5.32 Å². The van der Waals surface area contributed by atoms with Crippen LogP contribution in [-0.2, 0) is 22.6 Å². The molecule has 2 amide bonds. The lowest BCUT2D eigenvalue weighted by molar-refractivity contribution is -0.143. The van der Waals surface area contributed by atoms with Crippen molar-refractivity contribution in [2.45, 2.75) is 52.2 Å². The fourth-order valence-electron chi connectivity index (χ4n) is 3.75. The second-order valence-corrected chi connectivity index (χ2v) is 9.10. The second-order valence-electron chi connectivity index (χ2n) is 8.69. The minimum absolute atomic E-state index is 0.0127. The number of amides is 2. The summed E-state index contributed by atoms with van der Waals surface area (Å²) >= 11 is 6.45. The van der Waals surface area contributed by atoms with Crippen molar-refractivity contribution in [1.29, 1.82) is 0 Å². The van der Waals surface area contributed by atoms with E-state index in [1.807, 2.05) is 93.6 Å². The average molecular weight is 493 g/mol. The van der Waals surface area contributed by atoms with Crippen molar-refractivity contribution >= 4 is 23.4 Å². The quantitative estimate of drug-likeness (QED) is 0.380. The summed E-state index contributed by atoms with van der Waals surface area (Å²) in [6.45, 7) is 5.91. The zero-order valence-electron chi connectivity index (χ0n) is 20.5. The van der Waals surface area contributed by atoms with Gasteiger partial charge in [-0.2, -0.15) is 0 Å². The van der Waals surface area contributed by atoms with E-state index in [4.69, 9.17) is 16.3 Å². The predicted molar refractivity (Wildman–Crippen MR) is 141 cm³/mol. The zero-order valence-corrected chi connectivity index (χ0v) is 21.3. The van der Waals surface area contributed by atoms with Gasteiger partial charge in [-0.1, -0.05) is 85.3 Å². The first kappa shape index (κ1) is 26.3. The van der Waals surface area contributed by atoms with Crippen LogP contribution in [0.2, 0.25) is 5.02 Å². The Morgan fingerprint density at radius 2 is 1.63 bits per heavy atom. The van der Waals surface area contributed by atoms with E-state index < -0.39 is 6.04 Å². The monoisotopic (exact) mass is 492 g/mol. The molecule has 0 aromatic heterocycles. The smallest absolute Gasteiger partial charge is 0.261 e. The first-order chi connectivity index (χ1) is 16.9. The molecule has 3 aromatic rings. The number of halogens is 1. The first-order valence-electron chi connectivity index (χ1n) is 11.9. The van der Waals surface area contributed by atoms with Gasteiger partial charge in [0.1, 0.15) is 11.8 Å². The second kappa shape index (κ2) is 13.0. The van der Waals surface area contributed by atoms with Gasteiger partial charge in [0.25, 0.3) is 5.91 Å². The SMILES string of the molecule is CC[C@H](C)NC(=O)[C@@H](Cc1ccccc1)N(Cc1ccccc1Cl)C(=O)COc1ccccc1C. The fourth-order valence-corrected chi connectivity index (χ4v) is 3.94. The topological polar surface area (TPSA) is 58.6 Å². The largest absolute Gasteiger partial charge is 0.484 e. The lowest BCUT2D eigenvalue weighted by Crippen LogP contribution is -2.53. The third-order valence-electron chi connectivity index (χ3n) is 6.02. The number of carbonyl (C=O) groups is 2. The van der Waals surface area contributed by atoms with Crippen molar-refractivity contribution in [3.8, 4) is 5.75 Å². The number of carbonyl (C=O) groups excluding carboxylic acids is 2. The van der Waals surface area contributed by atoms with Gasteiger partial charge in [0, 0.05) is 24.0 Å². The fraction of sp³-hybridized carbons (Fsp3) is 0.310. The van der Waals surface area contributed by atoms with Gasteiger partial charge in [0.05, 0.1) is 0 Å². The molecule has 0 unspecified atom stereocenters. The van der Waals surface area contributed by atoms with Crippen molar-refractivity contribution in [1.82, 2.24) is 10.2 Å². The predicted octanol–water partition coefficient (Wildman–Crippen LogP) is 5.58. The summed E-state index contributed by atoms with van der Waals surface area (Å²) in [6, 6.07) is 23.9. The Morgan fingerprint density at radius 1 is 0.971 bits per heavy atom. The van der Waals surface area contributed by atoms with Crippen LogP contribution in [0.25, 0.3) is 0 Å². The van der Waals surface area contributed by atoms with E-state index in [0.29, 0.717) is 17.2 Å². The Kier molecular flexibility index (Phi) is 9.74. The third kappa shape index (κ3) is 7.59. The molecular formula is C29H33ClN2O3. The van der Waals surface area contributed by atoms with Crippen molar-refractivity contribution in [2.24, 2.45) is 0 Å². The number of para-hydroxylation sites is 1. The average Bonchev–Trinajstić information content (AvgIpc) is 2.87. The lowest BCUT2D eigenvalue weighted by atomic mass is 10.0. The van der Waals surface area contributed by atoms with Gasteiger partial charge < -0.3 is 15.0 Å². The van der Waals surface area contributed by atoms with Gasteiger partial charge in [-0.05, 0) is 49.1 Å². The number of nitrogens with zero attached hydrogens (tertiary/aromatic N) is 1. The van der Waals surface area contributed by atoms with E-state index >= 15 is 0 Å². The molecule has 0 bridgehead atoms. The maximum Gasteiger partial charge on any atom is 0.261 e. The number of benzene rings is 3. The number of nitrogens with one attached hydrogen (secondary N) is 1. The molecule has 0 aliphatic rings. The molecule has 0 saturated carbocycles. The minimum atomic E-state index is -0.726. The molecule has 1 N–H and O–H groups in total. The molecule has 2 atom stereocenters. The summed E-state index contributed by atoms with van der Waals surface area (Å²) in [7, 11) is 0. The van der Waals surface area contributed by atoms with E-state index in [9.17, 15) is 9.59 Å².